The fourth-order valence-corrected chi connectivity index (χ4v) is 4.44. The Kier molecular flexibility index (Phi) is 8.11. The smallest absolute Gasteiger partial charge is 0.308 e. The molecule has 2 aromatic rings. The van der Waals surface area contributed by atoms with Gasteiger partial charge in [-0.25, -0.2) is 0 Å². The molecule has 0 spiro atoms. The molecule has 0 saturated heterocycles. The van der Waals surface area contributed by atoms with E-state index in [1.807, 2.05) is 39.8 Å². The molecule has 3 rings (SSSR count). The maximum Gasteiger partial charge on any atom is 0.308 e. The van der Waals surface area contributed by atoms with Gasteiger partial charge >= 0.3 is 11.9 Å². The van der Waals surface area contributed by atoms with Crippen LogP contribution in [-0.4, -0.2) is 24.1 Å². The van der Waals surface area contributed by atoms with Crippen molar-refractivity contribution in [2.75, 3.05) is 6.61 Å². The highest BCUT2D eigenvalue weighted by Gasteiger charge is 2.29. The molecule has 0 aliphatic heterocycles. The second kappa shape index (κ2) is 10.8. The monoisotopic (exact) mass is 436 g/mol. The van der Waals surface area contributed by atoms with E-state index in [0.717, 1.165) is 32.1 Å². The Morgan fingerprint density at radius 2 is 1.50 bits per heavy atom. The summed E-state index contributed by atoms with van der Waals surface area (Å²) in [4.78, 5) is 24.6. The lowest BCUT2D eigenvalue weighted by molar-refractivity contribution is -0.155. The van der Waals surface area contributed by atoms with E-state index in [-0.39, 0.29) is 23.8 Å². The molecule has 0 bridgehead atoms. The van der Waals surface area contributed by atoms with E-state index < -0.39 is 5.60 Å². The number of unbranched alkanes of at least 4 members (excludes halogenated alkanes) is 2. The molecule has 0 amide bonds. The first-order chi connectivity index (χ1) is 15.3. The van der Waals surface area contributed by atoms with Crippen molar-refractivity contribution in [3.8, 4) is 11.1 Å². The molecular weight excluding hydrogens is 400 g/mol. The summed E-state index contributed by atoms with van der Waals surface area (Å²) in [5.41, 5.74) is 4.50. The van der Waals surface area contributed by atoms with Gasteiger partial charge in [-0.2, -0.15) is 0 Å². The number of benzene rings is 2. The molecule has 32 heavy (non-hydrogen) atoms. The van der Waals surface area contributed by atoms with Crippen molar-refractivity contribution >= 4 is 11.9 Å². The highest BCUT2D eigenvalue weighted by Crippen LogP contribution is 2.44. The Morgan fingerprint density at radius 3 is 2.06 bits per heavy atom. The first kappa shape index (κ1) is 24.0. The van der Waals surface area contributed by atoms with E-state index in [1.54, 1.807) is 0 Å². The predicted octanol–water partition coefficient (Wildman–Crippen LogP) is 6.66. The lowest BCUT2D eigenvalue weighted by Gasteiger charge is -2.19. The van der Waals surface area contributed by atoms with Crippen LogP contribution >= 0.6 is 0 Å². The number of rotatable bonds is 10. The van der Waals surface area contributed by atoms with Crippen LogP contribution in [0.25, 0.3) is 11.1 Å². The van der Waals surface area contributed by atoms with Crippen LogP contribution in [0.4, 0.5) is 0 Å². The summed E-state index contributed by atoms with van der Waals surface area (Å²) < 4.78 is 11.2. The molecule has 172 valence electrons. The molecule has 0 fully saturated rings. The van der Waals surface area contributed by atoms with Gasteiger partial charge in [0.05, 0.1) is 5.92 Å². The number of hydrogen-bond donors (Lipinski definition) is 0. The molecule has 2 aromatic carbocycles. The van der Waals surface area contributed by atoms with Gasteiger partial charge in [-0.15, -0.1) is 0 Å². The fraction of sp³-hybridized carbons (Fsp3) is 0.500. The lowest BCUT2D eigenvalue weighted by atomic mass is 9.97. The van der Waals surface area contributed by atoms with Crippen molar-refractivity contribution < 1.29 is 19.1 Å². The van der Waals surface area contributed by atoms with Crippen LogP contribution in [0.2, 0.25) is 0 Å². The van der Waals surface area contributed by atoms with Gasteiger partial charge in [0.25, 0.3) is 0 Å². The van der Waals surface area contributed by atoms with Gasteiger partial charge in [-0.3, -0.25) is 9.59 Å². The second-order valence-electron chi connectivity index (χ2n) is 9.65. The van der Waals surface area contributed by atoms with Crippen LogP contribution in [0.15, 0.2) is 48.5 Å². The SMILES string of the molecule is CCC(CCCCCC(=O)OC(C)(C)C)C(=O)OCC1c2ccccc2-c2ccccc21. The molecule has 0 aromatic heterocycles. The van der Waals surface area contributed by atoms with E-state index in [9.17, 15) is 9.59 Å². The van der Waals surface area contributed by atoms with Gasteiger partial charge in [-0.1, -0.05) is 68.3 Å². The first-order valence-corrected chi connectivity index (χ1v) is 11.9. The summed E-state index contributed by atoms with van der Waals surface area (Å²) >= 11 is 0. The average Bonchev–Trinajstić information content (AvgIpc) is 3.07. The van der Waals surface area contributed by atoms with Crippen LogP contribution in [0.5, 0.6) is 0 Å². The summed E-state index contributed by atoms with van der Waals surface area (Å²) in [7, 11) is 0. The summed E-state index contributed by atoms with van der Waals surface area (Å²) in [5.74, 6) is -0.260. The van der Waals surface area contributed by atoms with Crippen molar-refractivity contribution in [2.24, 2.45) is 5.92 Å². The number of hydrogen-bond acceptors (Lipinski definition) is 4. The van der Waals surface area contributed by atoms with Crippen LogP contribution < -0.4 is 0 Å². The molecule has 0 saturated carbocycles. The average molecular weight is 437 g/mol. The Balaban J connectivity index is 1.46. The largest absolute Gasteiger partial charge is 0.464 e. The van der Waals surface area contributed by atoms with Crippen LogP contribution in [0.3, 0.4) is 0 Å². The van der Waals surface area contributed by atoms with Gasteiger partial charge < -0.3 is 9.47 Å². The minimum absolute atomic E-state index is 0.0941. The van der Waals surface area contributed by atoms with Gasteiger partial charge in [-0.05, 0) is 62.3 Å². The van der Waals surface area contributed by atoms with Crippen LogP contribution in [0, 0.1) is 5.92 Å². The highest BCUT2D eigenvalue weighted by atomic mass is 16.6. The number of carbonyl (C=O) groups is 2. The minimum Gasteiger partial charge on any atom is -0.464 e. The second-order valence-corrected chi connectivity index (χ2v) is 9.65. The number of esters is 2. The summed E-state index contributed by atoms with van der Waals surface area (Å²) in [6.45, 7) is 8.05. The van der Waals surface area contributed by atoms with E-state index in [4.69, 9.17) is 9.47 Å². The van der Waals surface area contributed by atoms with Crippen molar-refractivity contribution in [1.82, 2.24) is 0 Å². The Hall–Kier alpha value is -2.62. The van der Waals surface area contributed by atoms with Crippen LogP contribution in [-0.2, 0) is 19.1 Å². The van der Waals surface area contributed by atoms with Crippen molar-refractivity contribution in [3.63, 3.8) is 0 Å². The molecule has 1 atom stereocenters. The quantitative estimate of drug-likeness (QED) is 0.309. The third-order valence-electron chi connectivity index (χ3n) is 6.03. The Morgan fingerprint density at radius 1 is 0.906 bits per heavy atom. The third-order valence-corrected chi connectivity index (χ3v) is 6.03. The zero-order chi connectivity index (χ0) is 23.1. The van der Waals surface area contributed by atoms with E-state index in [2.05, 4.69) is 36.4 Å². The maximum atomic E-state index is 12.8. The molecule has 4 heteroatoms. The zero-order valence-electron chi connectivity index (χ0n) is 19.9. The number of fused-ring (bicyclic) bond motifs is 3. The molecule has 0 heterocycles. The molecule has 1 aliphatic rings. The Labute approximate surface area is 192 Å². The predicted molar refractivity (Wildman–Crippen MR) is 127 cm³/mol. The topological polar surface area (TPSA) is 52.6 Å². The Bertz CT molecular complexity index is 880. The molecule has 0 N–H and O–H groups in total. The fourth-order valence-electron chi connectivity index (χ4n) is 4.44. The summed E-state index contributed by atoms with van der Waals surface area (Å²) in [6, 6.07) is 16.8. The van der Waals surface area contributed by atoms with Crippen molar-refractivity contribution in [3.05, 3.63) is 59.7 Å². The standard InChI is InChI=1S/C28H36O4/c1-5-20(13-7-6-8-18-26(29)32-28(2,3)4)27(30)31-19-25-23-16-11-9-14-21(23)22-15-10-12-17-24(22)25/h9-12,14-17,20,25H,5-8,13,18-19H2,1-4H3. The number of ether oxygens (including phenoxy) is 2. The van der Waals surface area contributed by atoms with E-state index in [1.165, 1.54) is 22.3 Å². The van der Waals surface area contributed by atoms with Gasteiger partial charge in [0, 0.05) is 12.3 Å². The van der Waals surface area contributed by atoms with Gasteiger partial charge in [0.1, 0.15) is 12.2 Å². The maximum absolute atomic E-state index is 12.8. The molecule has 1 unspecified atom stereocenters. The molecule has 1 aliphatic carbocycles. The molecule has 0 radical (unpaired) electrons. The van der Waals surface area contributed by atoms with Gasteiger partial charge in [0.15, 0.2) is 0 Å². The summed E-state index contributed by atoms with van der Waals surface area (Å²) in [6.07, 6.45) is 4.59. The molecular formula is C28H36O4. The third kappa shape index (κ3) is 6.21. The van der Waals surface area contributed by atoms with E-state index >= 15 is 0 Å². The zero-order valence-corrected chi connectivity index (χ0v) is 19.9. The van der Waals surface area contributed by atoms with Crippen molar-refractivity contribution in [2.45, 2.75) is 77.7 Å². The van der Waals surface area contributed by atoms with Crippen molar-refractivity contribution in [1.29, 1.82) is 0 Å². The highest BCUT2D eigenvalue weighted by molar-refractivity contribution is 5.79. The van der Waals surface area contributed by atoms with Gasteiger partial charge in [0.2, 0.25) is 0 Å². The number of carbonyl (C=O) groups excluding carboxylic acids is 2. The normalized spacial score (nSPS) is 13.9. The first-order valence-electron chi connectivity index (χ1n) is 11.9. The lowest BCUT2D eigenvalue weighted by Crippen LogP contribution is -2.23. The molecule has 4 nitrogen and oxygen atoms in total. The van der Waals surface area contributed by atoms with Crippen LogP contribution in [0.1, 0.15) is 83.3 Å². The van der Waals surface area contributed by atoms with E-state index in [0.29, 0.717) is 13.0 Å². The summed E-state index contributed by atoms with van der Waals surface area (Å²) in [5, 5.41) is 0. The minimum atomic E-state index is -0.436.